The van der Waals surface area contributed by atoms with Crippen molar-refractivity contribution in [3.63, 3.8) is 0 Å². The Hall–Kier alpha value is -0.700. The molecular weight excluding hydrogens is 136 g/mol. The van der Waals surface area contributed by atoms with Gasteiger partial charge in [-0.1, -0.05) is 12.2 Å². The van der Waals surface area contributed by atoms with E-state index in [0.29, 0.717) is 12.8 Å². The molecule has 10 heavy (non-hydrogen) atoms. The number of rotatable bonds is 0. The van der Waals surface area contributed by atoms with E-state index >= 15 is 0 Å². The highest BCUT2D eigenvalue weighted by atomic mass is 19.3. The predicted molar refractivity (Wildman–Crippen MR) is 35.6 cm³/mol. The second-order valence-electron chi connectivity index (χ2n) is 2.28. The van der Waals surface area contributed by atoms with Crippen LogP contribution < -0.4 is 5.73 Å². The maximum Gasteiger partial charge on any atom is 0.271 e. The Morgan fingerprint density at radius 2 is 2.30 bits per heavy atom. The molecule has 0 saturated carbocycles. The minimum Gasteiger partial charge on any atom is -0.321 e. The first kappa shape index (κ1) is 7.41. The van der Waals surface area contributed by atoms with Crippen molar-refractivity contribution in [2.24, 2.45) is 5.73 Å². The van der Waals surface area contributed by atoms with Crippen LogP contribution in [0.25, 0.3) is 0 Å². The van der Waals surface area contributed by atoms with E-state index in [-0.39, 0.29) is 5.57 Å². The van der Waals surface area contributed by atoms with E-state index in [4.69, 9.17) is 5.73 Å². The van der Waals surface area contributed by atoms with Crippen molar-refractivity contribution < 1.29 is 8.78 Å². The molecule has 0 aromatic rings. The van der Waals surface area contributed by atoms with Crippen LogP contribution in [0.1, 0.15) is 12.8 Å². The van der Waals surface area contributed by atoms with Crippen molar-refractivity contribution in [3.05, 3.63) is 23.8 Å². The lowest BCUT2D eigenvalue weighted by Crippen LogP contribution is -2.22. The normalized spacial score (nSPS) is 25.1. The molecule has 0 radical (unpaired) electrons. The molecule has 0 saturated heterocycles. The molecule has 1 atom stereocenters. The second kappa shape index (κ2) is 2.92. The Bertz CT molecular complexity index is 180. The van der Waals surface area contributed by atoms with Crippen molar-refractivity contribution >= 4 is 0 Å². The molecule has 0 amide bonds. The third-order valence-corrected chi connectivity index (χ3v) is 1.57. The molecule has 0 fully saturated rings. The smallest absolute Gasteiger partial charge is 0.271 e. The number of hydrogen-bond donors (Lipinski definition) is 1. The molecule has 0 spiro atoms. The molecule has 0 aromatic carbocycles. The van der Waals surface area contributed by atoms with Crippen LogP contribution in [-0.2, 0) is 0 Å². The zero-order chi connectivity index (χ0) is 7.56. The Morgan fingerprint density at radius 3 is 2.70 bits per heavy atom. The lowest BCUT2D eigenvalue weighted by atomic mass is 9.98. The first-order chi connectivity index (χ1) is 4.72. The molecule has 1 nitrogen and oxygen atoms in total. The lowest BCUT2D eigenvalue weighted by molar-refractivity contribution is 0.401. The first-order valence-electron chi connectivity index (χ1n) is 3.18. The van der Waals surface area contributed by atoms with Crippen molar-refractivity contribution in [2.75, 3.05) is 0 Å². The van der Waals surface area contributed by atoms with Crippen molar-refractivity contribution in [1.29, 1.82) is 0 Å². The molecule has 0 bridgehead atoms. The van der Waals surface area contributed by atoms with Gasteiger partial charge in [0, 0.05) is 11.6 Å². The third-order valence-electron chi connectivity index (χ3n) is 1.57. The average molecular weight is 145 g/mol. The maximum absolute atomic E-state index is 11.9. The maximum atomic E-state index is 11.9. The van der Waals surface area contributed by atoms with E-state index in [1.165, 1.54) is 0 Å². The topological polar surface area (TPSA) is 26.0 Å². The standard InChI is InChI=1S/C7H9F2N/c8-7(9)5-3-1-2-4-6(5)10/h2,4,6H,1,3,10H2/t6-/m0/s1. The van der Waals surface area contributed by atoms with Gasteiger partial charge in [0.25, 0.3) is 6.08 Å². The van der Waals surface area contributed by atoms with Crippen LogP contribution >= 0.6 is 0 Å². The van der Waals surface area contributed by atoms with Crippen molar-refractivity contribution in [3.8, 4) is 0 Å². The summed E-state index contributed by atoms with van der Waals surface area (Å²) >= 11 is 0. The summed E-state index contributed by atoms with van der Waals surface area (Å²) in [6.45, 7) is 0. The fourth-order valence-corrected chi connectivity index (χ4v) is 0.985. The summed E-state index contributed by atoms with van der Waals surface area (Å²) in [7, 11) is 0. The molecule has 2 N–H and O–H groups in total. The van der Waals surface area contributed by atoms with Crippen LogP contribution in [0.2, 0.25) is 0 Å². The number of halogens is 2. The molecule has 1 rings (SSSR count). The Labute approximate surface area is 58.2 Å². The number of hydrogen-bond acceptors (Lipinski definition) is 1. The molecule has 0 aromatic heterocycles. The van der Waals surface area contributed by atoms with Crippen LogP contribution in [-0.4, -0.2) is 6.04 Å². The van der Waals surface area contributed by atoms with Gasteiger partial charge in [0.15, 0.2) is 0 Å². The van der Waals surface area contributed by atoms with Gasteiger partial charge in [-0.05, 0) is 12.8 Å². The van der Waals surface area contributed by atoms with E-state index in [0.717, 1.165) is 0 Å². The van der Waals surface area contributed by atoms with Gasteiger partial charge in [-0.2, -0.15) is 8.78 Å². The van der Waals surface area contributed by atoms with Gasteiger partial charge < -0.3 is 5.73 Å². The molecule has 56 valence electrons. The summed E-state index contributed by atoms with van der Waals surface area (Å²) in [4.78, 5) is 0. The lowest BCUT2D eigenvalue weighted by Gasteiger charge is -2.14. The fraction of sp³-hybridized carbons (Fsp3) is 0.429. The molecule has 3 heteroatoms. The Morgan fingerprint density at radius 1 is 1.60 bits per heavy atom. The highest BCUT2D eigenvalue weighted by molar-refractivity contribution is 5.21. The Kier molecular flexibility index (Phi) is 2.17. The molecule has 1 aliphatic carbocycles. The van der Waals surface area contributed by atoms with E-state index in [1.807, 2.05) is 6.08 Å². The Balaban J connectivity index is 2.80. The second-order valence-corrected chi connectivity index (χ2v) is 2.28. The van der Waals surface area contributed by atoms with Crippen LogP contribution in [0.15, 0.2) is 23.8 Å². The van der Waals surface area contributed by atoms with E-state index < -0.39 is 12.1 Å². The molecule has 0 aliphatic heterocycles. The third kappa shape index (κ3) is 1.42. The van der Waals surface area contributed by atoms with Gasteiger partial charge in [-0.3, -0.25) is 0 Å². The van der Waals surface area contributed by atoms with Crippen LogP contribution in [0.3, 0.4) is 0 Å². The summed E-state index contributed by atoms with van der Waals surface area (Å²) in [5.74, 6) is 0. The number of nitrogens with two attached hydrogens (primary N) is 1. The monoisotopic (exact) mass is 145 g/mol. The van der Waals surface area contributed by atoms with E-state index in [2.05, 4.69) is 0 Å². The van der Waals surface area contributed by atoms with Gasteiger partial charge in [-0.15, -0.1) is 0 Å². The van der Waals surface area contributed by atoms with Gasteiger partial charge in [0.2, 0.25) is 0 Å². The summed E-state index contributed by atoms with van der Waals surface area (Å²) in [5, 5.41) is 0. The SMILES string of the molecule is N[C@H]1C=CCCC1=C(F)F. The molecule has 1 aliphatic rings. The fourth-order valence-electron chi connectivity index (χ4n) is 0.985. The van der Waals surface area contributed by atoms with E-state index in [1.54, 1.807) is 6.08 Å². The minimum atomic E-state index is -1.61. The van der Waals surface area contributed by atoms with Crippen molar-refractivity contribution in [1.82, 2.24) is 0 Å². The zero-order valence-electron chi connectivity index (χ0n) is 5.48. The molecular formula is C7H9F2N. The van der Waals surface area contributed by atoms with Crippen molar-refractivity contribution in [2.45, 2.75) is 18.9 Å². The first-order valence-corrected chi connectivity index (χ1v) is 3.18. The van der Waals surface area contributed by atoms with Gasteiger partial charge in [-0.25, -0.2) is 0 Å². The predicted octanol–water partition coefficient (Wildman–Crippen LogP) is 1.81. The zero-order valence-corrected chi connectivity index (χ0v) is 5.48. The quantitative estimate of drug-likeness (QED) is 0.517. The van der Waals surface area contributed by atoms with Gasteiger partial charge in [0.1, 0.15) is 0 Å². The summed E-state index contributed by atoms with van der Waals surface area (Å²) in [6.07, 6.45) is 2.91. The highest BCUT2D eigenvalue weighted by Gasteiger charge is 2.14. The van der Waals surface area contributed by atoms with Gasteiger partial charge >= 0.3 is 0 Å². The van der Waals surface area contributed by atoms with Gasteiger partial charge in [0.05, 0.1) is 0 Å². The summed E-state index contributed by atoms with van der Waals surface area (Å²) in [6, 6.07) is -0.557. The number of allylic oxidation sites excluding steroid dienone is 1. The largest absolute Gasteiger partial charge is 0.321 e. The minimum absolute atomic E-state index is 0.0856. The van der Waals surface area contributed by atoms with Crippen LogP contribution in [0.5, 0.6) is 0 Å². The highest BCUT2D eigenvalue weighted by Crippen LogP contribution is 2.21. The summed E-state index contributed by atoms with van der Waals surface area (Å²) in [5.41, 5.74) is 5.44. The van der Waals surface area contributed by atoms with Crippen LogP contribution in [0.4, 0.5) is 8.78 Å². The molecule has 0 unspecified atom stereocenters. The van der Waals surface area contributed by atoms with Crippen LogP contribution in [0, 0.1) is 0 Å². The average Bonchev–Trinajstić information content (AvgIpc) is 1.88. The molecule has 0 heterocycles. The van der Waals surface area contributed by atoms with E-state index in [9.17, 15) is 8.78 Å². The summed E-state index contributed by atoms with van der Waals surface area (Å²) < 4.78 is 23.9.